The molecule has 0 fully saturated rings. The second-order valence-corrected chi connectivity index (χ2v) is 7.08. The zero-order chi connectivity index (χ0) is 13.2. The lowest BCUT2D eigenvalue weighted by molar-refractivity contribution is 0.0698. The molecule has 9 heteroatoms. The summed E-state index contributed by atoms with van der Waals surface area (Å²) in [7, 11) is -5.74. The SMILES string of the molecule is CCCS(=O)c1csc(C(=O)O)c1S(N)(=O)=O. The molecule has 0 aromatic carbocycles. The highest BCUT2D eigenvalue weighted by Crippen LogP contribution is 2.29. The van der Waals surface area contributed by atoms with E-state index in [1.165, 1.54) is 5.38 Å². The first-order valence-corrected chi connectivity index (χ1v) is 8.29. The van der Waals surface area contributed by atoms with E-state index >= 15 is 0 Å². The number of primary sulfonamides is 1. The van der Waals surface area contributed by atoms with Gasteiger partial charge in [0.15, 0.2) is 0 Å². The summed E-state index contributed by atoms with van der Waals surface area (Å²) < 4.78 is 34.4. The first-order chi connectivity index (χ1) is 7.79. The summed E-state index contributed by atoms with van der Waals surface area (Å²) in [5.41, 5.74) is 0. The smallest absolute Gasteiger partial charge is 0.347 e. The summed E-state index contributed by atoms with van der Waals surface area (Å²) in [6.07, 6.45) is 0.592. The number of thiophene rings is 1. The van der Waals surface area contributed by atoms with Crippen molar-refractivity contribution < 1.29 is 22.5 Å². The molecule has 1 atom stereocenters. The lowest BCUT2D eigenvalue weighted by atomic mass is 10.5. The Morgan fingerprint density at radius 1 is 1.59 bits per heavy atom. The molecule has 0 aliphatic rings. The van der Waals surface area contributed by atoms with Crippen LogP contribution in [0.1, 0.15) is 23.0 Å². The highest BCUT2D eigenvalue weighted by atomic mass is 32.2. The van der Waals surface area contributed by atoms with Crippen LogP contribution in [0.2, 0.25) is 0 Å². The monoisotopic (exact) mass is 297 g/mol. The van der Waals surface area contributed by atoms with Crippen molar-refractivity contribution in [2.75, 3.05) is 5.75 Å². The fourth-order valence-electron chi connectivity index (χ4n) is 1.20. The Labute approximate surface area is 105 Å². The number of hydrogen-bond acceptors (Lipinski definition) is 5. The molecule has 0 bridgehead atoms. The van der Waals surface area contributed by atoms with Crippen LogP contribution in [0, 0.1) is 0 Å². The minimum Gasteiger partial charge on any atom is -0.477 e. The van der Waals surface area contributed by atoms with E-state index in [1.54, 1.807) is 6.92 Å². The predicted octanol–water partition coefficient (Wildman–Crippen LogP) is 0.611. The molecule has 0 saturated heterocycles. The normalized spacial score (nSPS) is 13.5. The molecule has 17 heavy (non-hydrogen) atoms. The van der Waals surface area contributed by atoms with Gasteiger partial charge >= 0.3 is 5.97 Å². The van der Waals surface area contributed by atoms with E-state index in [-0.39, 0.29) is 10.6 Å². The highest BCUT2D eigenvalue weighted by Gasteiger charge is 2.28. The van der Waals surface area contributed by atoms with Gasteiger partial charge in [0, 0.05) is 11.1 Å². The number of aromatic carboxylic acids is 1. The Kier molecular flexibility index (Phi) is 4.42. The molecule has 1 aromatic heterocycles. The topological polar surface area (TPSA) is 115 Å². The van der Waals surface area contributed by atoms with Crippen molar-refractivity contribution in [2.45, 2.75) is 23.1 Å². The van der Waals surface area contributed by atoms with Crippen LogP contribution in [-0.2, 0) is 20.8 Å². The second-order valence-electron chi connectivity index (χ2n) is 3.16. The minimum atomic E-state index is -4.19. The summed E-state index contributed by atoms with van der Waals surface area (Å²) in [5.74, 6) is -1.13. The number of nitrogens with two attached hydrogens (primary N) is 1. The number of rotatable bonds is 5. The fourth-order valence-corrected chi connectivity index (χ4v) is 5.28. The van der Waals surface area contributed by atoms with E-state index in [9.17, 15) is 17.4 Å². The Hall–Kier alpha value is -0.770. The van der Waals surface area contributed by atoms with Crippen LogP contribution in [0.5, 0.6) is 0 Å². The molecular weight excluding hydrogens is 286 g/mol. The van der Waals surface area contributed by atoms with Crippen LogP contribution in [-0.4, -0.2) is 29.5 Å². The first kappa shape index (κ1) is 14.3. The average Bonchev–Trinajstić information content (AvgIpc) is 2.61. The molecule has 1 aromatic rings. The molecule has 0 spiro atoms. The molecule has 96 valence electrons. The molecular formula is C8H11NO5S3. The van der Waals surface area contributed by atoms with Gasteiger partial charge in [-0.25, -0.2) is 18.4 Å². The van der Waals surface area contributed by atoms with E-state index in [1.807, 2.05) is 0 Å². The van der Waals surface area contributed by atoms with E-state index in [0.717, 1.165) is 0 Å². The summed E-state index contributed by atoms with van der Waals surface area (Å²) in [5, 5.41) is 15.1. The van der Waals surface area contributed by atoms with Gasteiger partial charge in [0.05, 0.1) is 15.7 Å². The Bertz CT molecular complexity index is 560. The zero-order valence-corrected chi connectivity index (χ0v) is 11.3. The van der Waals surface area contributed by atoms with Gasteiger partial charge in [-0.1, -0.05) is 6.92 Å². The standard InChI is InChI=1S/C8H11NO5S3/c1-2-3-16(12)5-4-15-6(8(10)11)7(5)17(9,13)14/h4H,2-3H2,1H3,(H,10,11)(H2,9,13,14). The molecule has 6 nitrogen and oxygen atoms in total. The maximum absolute atomic E-state index is 11.8. The minimum absolute atomic E-state index is 0.0169. The third kappa shape index (κ3) is 3.12. The lowest BCUT2D eigenvalue weighted by Gasteiger charge is -2.02. The fraction of sp³-hybridized carbons (Fsp3) is 0.375. The van der Waals surface area contributed by atoms with Crippen LogP contribution in [0.15, 0.2) is 15.2 Å². The van der Waals surface area contributed by atoms with Crippen LogP contribution in [0.3, 0.4) is 0 Å². The number of sulfonamides is 1. The van der Waals surface area contributed by atoms with Crippen molar-refractivity contribution >= 4 is 38.1 Å². The molecule has 3 N–H and O–H groups in total. The summed E-state index contributed by atoms with van der Waals surface area (Å²) in [6.45, 7) is 1.79. The van der Waals surface area contributed by atoms with E-state index in [0.29, 0.717) is 17.8 Å². The maximum Gasteiger partial charge on any atom is 0.347 e. The van der Waals surface area contributed by atoms with E-state index in [2.05, 4.69) is 0 Å². The molecule has 0 saturated carbocycles. The van der Waals surface area contributed by atoms with Crippen molar-refractivity contribution in [3.63, 3.8) is 0 Å². The molecule has 1 rings (SSSR count). The largest absolute Gasteiger partial charge is 0.477 e. The van der Waals surface area contributed by atoms with Crippen LogP contribution >= 0.6 is 11.3 Å². The van der Waals surface area contributed by atoms with Crippen molar-refractivity contribution in [1.82, 2.24) is 0 Å². The Morgan fingerprint density at radius 3 is 2.59 bits per heavy atom. The van der Waals surface area contributed by atoms with Crippen molar-refractivity contribution in [3.05, 3.63) is 10.3 Å². The molecule has 0 aliphatic carbocycles. The Balaban J connectivity index is 3.44. The van der Waals surface area contributed by atoms with Gasteiger partial charge < -0.3 is 5.11 Å². The summed E-state index contributed by atoms with van der Waals surface area (Å²) in [4.78, 5) is 9.91. The van der Waals surface area contributed by atoms with Gasteiger partial charge in [-0.15, -0.1) is 11.3 Å². The molecule has 0 aliphatic heterocycles. The molecule has 0 amide bonds. The number of carboxylic acids is 1. The van der Waals surface area contributed by atoms with Gasteiger partial charge in [0.25, 0.3) is 0 Å². The quantitative estimate of drug-likeness (QED) is 0.826. The van der Waals surface area contributed by atoms with Gasteiger partial charge in [-0.2, -0.15) is 0 Å². The van der Waals surface area contributed by atoms with E-state index < -0.39 is 36.6 Å². The lowest BCUT2D eigenvalue weighted by Crippen LogP contribution is -2.17. The van der Waals surface area contributed by atoms with E-state index in [4.69, 9.17) is 10.2 Å². The summed E-state index contributed by atoms with van der Waals surface area (Å²) >= 11 is 0.714. The third-order valence-corrected chi connectivity index (χ3v) is 5.79. The predicted molar refractivity (Wildman–Crippen MR) is 64.2 cm³/mol. The second kappa shape index (κ2) is 5.25. The van der Waals surface area contributed by atoms with Crippen molar-refractivity contribution in [3.8, 4) is 0 Å². The summed E-state index contributed by atoms with van der Waals surface area (Å²) in [6, 6.07) is 0. The Morgan fingerprint density at radius 2 is 2.18 bits per heavy atom. The average molecular weight is 297 g/mol. The zero-order valence-electron chi connectivity index (χ0n) is 8.87. The number of carbonyl (C=O) groups is 1. The van der Waals surface area contributed by atoms with Crippen LogP contribution < -0.4 is 5.14 Å². The van der Waals surface area contributed by atoms with Crippen LogP contribution in [0.4, 0.5) is 0 Å². The van der Waals surface area contributed by atoms with Gasteiger partial charge in [-0.05, 0) is 6.42 Å². The van der Waals surface area contributed by atoms with Gasteiger partial charge in [0.1, 0.15) is 9.77 Å². The molecule has 0 radical (unpaired) electrons. The van der Waals surface area contributed by atoms with Gasteiger partial charge in [0.2, 0.25) is 10.0 Å². The highest BCUT2D eigenvalue weighted by molar-refractivity contribution is 7.91. The maximum atomic E-state index is 11.8. The molecule has 1 unspecified atom stereocenters. The molecule has 1 heterocycles. The first-order valence-electron chi connectivity index (χ1n) is 4.55. The van der Waals surface area contributed by atoms with Crippen molar-refractivity contribution in [2.24, 2.45) is 5.14 Å². The van der Waals surface area contributed by atoms with Crippen LogP contribution in [0.25, 0.3) is 0 Å². The third-order valence-electron chi connectivity index (χ3n) is 1.83. The van der Waals surface area contributed by atoms with Gasteiger partial charge in [-0.3, -0.25) is 4.21 Å². The number of hydrogen-bond donors (Lipinski definition) is 2. The van der Waals surface area contributed by atoms with Crippen molar-refractivity contribution in [1.29, 1.82) is 0 Å². The number of carboxylic acid groups (broad SMARTS) is 1.